The Bertz CT molecular complexity index is 348. The third kappa shape index (κ3) is 3.06. The molecule has 0 radical (unpaired) electrons. The molecule has 0 fully saturated rings. The Labute approximate surface area is 91.9 Å². The highest BCUT2D eigenvalue weighted by Gasteiger charge is 2.20. The van der Waals surface area contributed by atoms with Crippen molar-refractivity contribution in [3.63, 3.8) is 0 Å². The Morgan fingerprint density at radius 1 is 1.47 bits per heavy atom. The minimum Gasteiger partial charge on any atom is -0.480 e. The first-order valence-corrected chi connectivity index (χ1v) is 5.52. The Kier molecular flexibility index (Phi) is 3.85. The number of hydrogen-bond donors (Lipinski definition) is 2. The summed E-state index contributed by atoms with van der Waals surface area (Å²) in [5, 5.41) is 14.8. The van der Waals surface area contributed by atoms with Crippen molar-refractivity contribution in [2.45, 2.75) is 25.8 Å². The molecule has 0 saturated heterocycles. The summed E-state index contributed by atoms with van der Waals surface area (Å²) in [6.07, 6.45) is 0. The van der Waals surface area contributed by atoms with Gasteiger partial charge in [0.1, 0.15) is 6.04 Å². The van der Waals surface area contributed by atoms with E-state index >= 15 is 0 Å². The Hall–Kier alpha value is -1.36. The van der Waals surface area contributed by atoms with Gasteiger partial charge in [-0.1, -0.05) is 0 Å². The summed E-state index contributed by atoms with van der Waals surface area (Å²) in [4.78, 5) is 22.1. The molecule has 4 nitrogen and oxygen atoms in total. The van der Waals surface area contributed by atoms with Crippen LogP contribution < -0.4 is 5.32 Å². The minimum absolute atomic E-state index is 0.261. The van der Waals surface area contributed by atoms with Crippen LogP contribution in [0.15, 0.2) is 16.8 Å². The number of amides is 1. The predicted molar refractivity (Wildman–Crippen MR) is 58.0 cm³/mol. The smallest absolute Gasteiger partial charge is 0.325 e. The van der Waals surface area contributed by atoms with Crippen LogP contribution in [0.25, 0.3) is 0 Å². The molecule has 1 heterocycles. The van der Waals surface area contributed by atoms with Crippen LogP contribution in [-0.4, -0.2) is 23.0 Å². The molecule has 5 heteroatoms. The van der Waals surface area contributed by atoms with E-state index < -0.39 is 12.0 Å². The fourth-order valence-corrected chi connectivity index (χ4v) is 1.83. The van der Waals surface area contributed by atoms with Gasteiger partial charge in [-0.15, -0.1) is 0 Å². The standard InChI is InChI=1S/C10H13NO3S/c1-6(8-3-4-15-5-8)9(12)11-7(2)10(13)14/h3-7H,1-2H3,(H,11,12)(H,13,14). The number of carboxylic acid groups (broad SMARTS) is 1. The van der Waals surface area contributed by atoms with E-state index in [1.807, 2.05) is 16.8 Å². The second-order valence-electron chi connectivity index (χ2n) is 3.35. The van der Waals surface area contributed by atoms with Crippen molar-refractivity contribution in [2.24, 2.45) is 0 Å². The van der Waals surface area contributed by atoms with Crippen molar-refractivity contribution in [1.82, 2.24) is 5.32 Å². The molecule has 82 valence electrons. The Morgan fingerprint density at radius 3 is 2.60 bits per heavy atom. The number of carbonyl (C=O) groups excluding carboxylic acids is 1. The number of carboxylic acids is 1. The third-order valence-electron chi connectivity index (χ3n) is 2.17. The SMILES string of the molecule is CC(NC(=O)C(C)c1ccsc1)C(=O)O. The predicted octanol–water partition coefficient (Wildman–Crippen LogP) is 1.44. The molecule has 2 unspecified atom stereocenters. The monoisotopic (exact) mass is 227 g/mol. The topological polar surface area (TPSA) is 66.4 Å². The highest BCUT2D eigenvalue weighted by Crippen LogP contribution is 2.18. The maximum Gasteiger partial charge on any atom is 0.325 e. The highest BCUT2D eigenvalue weighted by atomic mass is 32.1. The van der Waals surface area contributed by atoms with Crippen LogP contribution in [0.5, 0.6) is 0 Å². The van der Waals surface area contributed by atoms with E-state index in [0.29, 0.717) is 0 Å². The summed E-state index contributed by atoms with van der Waals surface area (Å²) in [6, 6.07) is 1.01. The zero-order chi connectivity index (χ0) is 11.4. The van der Waals surface area contributed by atoms with E-state index in [-0.39, 0.29) is 11.8 Å². The molecule has 1 rings (SSSR count). The van der Waals surface area contributed by atoms with Gasteiger partial charge < -0.3 is 10.4 Å². The third-order valence-corrected chi connectivity index (χ3v) is 2.87. The van der Waals surface area contributed by atoms with Gasteiger partial charge in [-0.05, 0) is 36.2 Å². The van der Waals surface area contributed by atoms with Crippen molar-refractivity contribution in [1.29, 1.82) is 0 Å². The van der Waals surface area contributed by atoms with Gasteiger partial charge in [0, 0.05) is 0 Å². The van der Waals surface area contributed by atoms with E-state index in [4.69, 9.17) is 5.11 Å². The number of hydrogen-bond acceptors (Lipinski definition) is 3. The largest absolute Gasteiger partial charge is 0.480 e. The van der Waals surface area contributed by atoms with Gasteiger partial charge >= 0.3 is 5.97 Å². The maximum atomic E-state index is 11.6. The first kappa shape index (κ1) is 11.7. The molecule has 1 aromatic heterocycles. The number of carbonyl (C=O) groups is 2. The molecular weight excluding hydrogens is 214 g/mol. The Morgan fingerprint density at radius 2 is 2.13 bits per heavy atom. The van der Waals surface area contributed by atoms with Gasteiger partial charge in [0.15, 0.2) is 0 Å². The lowest BCUT2D eigenvalue weighted by Crippen LogP contribution is -2.40. The van der Waals surface area contributed by atoms with Crippen molar-refractivity contribution in [3.05, 3.63) is 22.4 Å². The van der Waals surface area contributed by atoms with Gasteiger partial charge in [0.05, 0.1) is 5.92 Å². The van der Waals surface area contributed by atoms with Crippen LogP contribution in [-0.2, 0) is 9.59 Å². The van der Waals surface area contributed by atoms with Crippen LogP contribution in [0.2, 0.25) is 0 Å². The van der Waals surface area contributed by atoms with Crippen LogP contribution in [0.4, 0.5) is 0 Å². The molecule has 0 aromatic carbocycles. The molecular formula is C10H13NO3S. The summed E-state index contributed by atoms with van der Waals surface area (Å²) >= 11 is 1.51. The van der Waals surface area contributed by atoms with Crippen LogP contribution >= 0.6 is 11.3 Å². The van der Waals surface area contributed by atoms with E-state index in [1.54, 1.807) is 6.92 Å². The Balaban J connectivity index is 2.58. The zero-order valence-corrected chi connectivity index (χ0v) is 9.38. The van der Waals surface area contributed by atoms with Gasteiger partial charge in [-0.2, -0.15) is 11.3 Å². The lowest BCUT2D eigenvalue weighted by atomic mass is 10.0. The first-order chi connectivity index (χ1) is 7.02. The summed E-state index contributed by atoms with van der Waals surface area (Å²) in [5.74, 6) is -1.60. The highest BCUT2D eigenvalue weighted by molar-refractivity contribution is 7.08. The van der Waals surface area contributed by atoms with E-state index in [2.05, 4.69) is 5.32 Å². The van der Waals surface area contributed by atoms with Crippen LogP contribution in [0, 0.1) is 0 Å². The second-order valence-corrected chi connectivity index (χ2v) is 4.13. The maximum absolute atomic E-state index is 11.6. The van der Waals surface area contributed by atoms with Gasteiger partial charge in [0.25, 0.3) is 0 Å². The fraction of sp³-hybridized carbons (Fsp3) is 0.400. The van der Waals surface area contributed by atoms with Crippen molar-refractivity contribution in [3.8, 4) is 0 Å². The number of nitrogens with one attached hydrogen (secondary N) is 1. The first-order valence-electron chi connectivity index (χ1n) is 4.57. The molecule has 0 saturated carbocycles. The molecule has 0 bridgehead atoms. The van der Waals surface area contributed by atoms with Gasteiger partial charge in [0.2, 0.25) is 5.91 Å². The summed E-state index contributed by atoms with van der Waals surface area (Å²) in [7, 11) is 0. The molecule has 1 amide bonds. The molecule has 0 aliphatic heterocycles. The van der Waals surface area contributed by atoms with Crippen LogP contribution in [0.1, 0.15) is 25.3 Å². The number of rotatable bonds is 4. The van der Waals surface area contributed by atoms with E-state index in [1.165, 1.54) is 18.3 Å². The van der Waals surface area contributed by atoms with Crippen molar-refractivity contribution in [2.75, 3.05) is 0 Å². The summed E-state index contributed by atoms with van der Waals surface area (Å²) in [6.45, 7) is 3.20. The summed E-state index contributed by atoms with van der Waals surface area (Å²) < 4.78 is 0. The lowest BCUT2D eigenvalue weighted by Gasteiger charge is -2.13. The average Bonchev–Trinajstić information content (AvgIpc) is 2.68. The lowest BCUT2D eigenvalue weighted by molar-refractivity contribution is -0.141. The quantitative estimate of drug-likeness (QED) is 0.818. The molecule has 0 aliphatic rings. The number of thiophene rings is 1. The van der Waals surface area contributed by atoms with Crippen molar-refractivity contribution < 1.29 is 14.7 Å². The van der Waals surface area contributed by atoms with Crippen molar-refractivity contribution >= 4 is 23.2 Å². The second kappa shape index (κ2) is 4.93. The molecule has 2 atom stereocenters. The molecule has 15 heavy (non-hydrogen) atoms. The number of aliphatic carboxylic acids is 1. The zero-order valence-electron chi connectivity index (χ0n) is 8.56. The molecule has 0 spiro atoms. The fourth-order valence-electron chi connectivity index (χ4n) is 1.07. The van der Waals surface area contributed by atoms with E-state index in [0.717, 1.165) is 5.56 Å². The molecule has 0 aliphatic carbocycles. The average molecular weight is 227 g/mol. The summed E-state index contributed by atoms with van der Waals surface area (Å²) in [5.41, 5.74) is 0.912. The van der Waals surface area contributed by atoms with E-state index in [9.17, 15) is 9.59 Å². The van der Waals surface area contributed by atoms with Gasteiger partial charge in [-0.25, -0.2) is 0 Å². The minimum atomic E-state index is -1.03. The normalized spacial score (nSPS) is 14.3. The van der Waals surface area contributed by atoms with Gasteiger partial charge in [-0.3, -0.25) is 9.59 Å². The van der Waals surface area contributed by atoms with Crippen LogP contribution in [0.3, 0.4) is 0 Å². The molecule has 2 N–H and O–H groups in total. The molecule has 1 aromatic rings.